The van der Waals surface area contributed by atoms with Gasteiger partial charge in [-0.25, -0.2) is 0 Å². The van der Waals surface area contributed by atoms with Crippen LogP contribution in [0, 0.1) is 6.92 Å². The van der Waals surface area contributed by atoms with E-state index in [0.717, 1.165) is 28.9 Å². The molecule has 0 spiro atoms. The standard InChI is InChI=1S/C29H34N2O2S/c1-3-4-19-30-29(33)27(20-24-11-7-5-8-12-24)31(21-25-17-15-23(2)16-18-25)28(32)22-34-26-13-9-6-10-14-26/h5-18,27H,3-4,19-22H2,1-2H3,(H,30,33)/t27-/m1/s1. The topological polar surface area (TPSA) is 49.4 Å². The smallest absolute Gasteiger partial charge is 0.243 e. The van der Waals surface area contributed by atoms with Gasteiger partial charge in [0.05, 0.1) is 5.75 Å². The van der Waals surface area contributed by atoms with E-state index in [0.29, 0.717) is 19.5 Å². The highest BCUT2D eigenvalue weighted by Crippen LogP contribution is 2.21. The Balaban J connectivity index is 1.86. The van der Waals surface area contributed by atoms with E-state index in [4.69, 9.17) is 0 Å². The molecule has 3 aromatic carbocycles. The predicted octanol–water partition coefficient (Wildman–Crippen LogP) is 5.64. The number of benzene rings is 3. The molecule has 0 radical (unpaired) electrons. The van der Waals surface area contributed by atoms with E-state index < -0.39 is 6.04 Å². The maximum atomic E-state index is 13.6. The number of nitrogens with one attached hydrogen (secondary N) is 1. The molecule has 2 amide bonds. The number of carbonyl (C=O) groups excluding carboxylic acids is 2. The van der Waals surface area contributed by atoms with Crippen molar-refractivity contribution < 1.29 is 9.59 Å². The van der Waals surface area contributed by atoms with Crippen LogP contribution in [0.2, 0.25) is 0 Å². The highest BCUT2D eigenvalue weighted by molar-refractivity contribution is 8.00. The lowest BCUT2D eigenvalue weighted by Crippen LogP contribution is -2.51. The van der Waals surface area contributed by atoms with Crippen molar-refractivity contribution in [2.45, 2.75) is 50.6 Å². The van der Waals surface area contributed by atoms with E-state index in [-0.39, 0.29) is 17.6 Å². The largest absolute Gasteiger partial charge is 0.354 e. The van der Waals surface area contributed by atoms with E-state index >= 15 is 0 Å². The zero-order chi connectivity index (χ0) is 24.2. The fourth-order valence-electron chi connectivity index (χ4n) is 3.70. The van der Waals surface area contributed by atoms with Gasteiger partial charge < -0.3 is 10.2 Å². The Morgan fingerprint density at radius 3 is 2.18 bits per heavy atom. The zero-order valence-corrected chi connectivity index (χ0v) is 20.9. The van der Waals surface area contributed by atoms with Crippen LogP contribution in [-0.2, 0) is 22.6 Å². The van der Waals surface area contributed by atoms with Gasteiger partial charge >= 0.3 is 0 Å². The zero-order valence-electron chi connectivity index (χ0n) is 20.1. The number of thioether (sulfide) groups is 1. The van der Waals surface area contributed by atoms with E-state index in [1.54, 1.807) is 4.90 Å². The third kappa shape index (κ3) is 8.07. The maximum Gasteiger partial charge on any atom is 0.243 e. The number of rotatable bonds is 12. The Morgan fingerprint density at radius 1 is 0.882 bits per heavy atom. The normalized spacial score (nSPS) is 11.6. The van der Waals surface area contributed by atoms with Crippen LogP contribution in [0.4, 0.5) is 0 Å². The summed E-state index contributed by atoms with van der Waals surface area (Å²) in [5.74, 6) is 0.145. The minimum absolute atomic E-state index is 0.0407. The second kappa shape index (κ2) is 13.6. The number of carbonyl (C=O) groups is 2. The van der Waals surface area contributed by atoms with Crippen molar-refractivity contribution in [3.05, 3.63) is 102 Å². The average molecular weight is 475 g/mol. The van der Waals surface area contributed by atoms with Crippen LogP contribution in [0.15, 0.2) is 89.8 Å². The molecule has 0 aliphatic heterocycles. The first-order valence-corrected chi connectivity index (χ1v) is 12.9. The number of hydrogen-bond acceptors (Lipinski definition) is 3. The molecule has 3 aromatic rings. The van der Waals surface area contributed by atoms with Crippen LogP contribution < -0.4 is 5.32 Å². The van der Waals surface area contributed by atoms with Gasteiger partial charge in [0.15, 0.2) is 0 Å². The fourth-order valence-corrected chi connectivity index (χ4v) is 4.50. The Bertz CT molecular complexity index is 1020. The Hall–Kier alpha value is -3.05. The van der Waals surface area contributed by atoms with Gasteiger partial charge in [-0.2, -0.15) is 0 Å². The summed E-state index contributed by atoms with van der Waals surface area (Å²) >= 11 is 1.50. The molecule has 178 valence electrons. The molecule has 1 N–H and O–H groups in total. The highest BCUT2D eigenvalue weighted by atomic mass is 32.2. The second-order valence-electron chi connectivity index (χ2n) is 8.46. The minimum atomic E-state index is -0.579. The molecule has 0 saturated heterocycles. The van der Waals surface area contributed by atoms with Gasteiger partial charge in [-0.3, -0.25) is 9.59 Å². The van der Waals surface area contributed by atoms with E-state index in [1.807, 2.05) is 91.9 Å². The van der Waals surface area contributed by atoms with Crippen molar-refractivity contribution in [2.24, 2.45) is 0 Å². The highest BCUT2D eigenvalue weighted by Gasteiger charge is 2.30. The van der Waals surface area contributed by atoms with Gasteiger partial charge in [-0.05, 0) is 36.6 Å². The average Bonchev–Trinajstić information content (AvgIpc) is 2.87. The van der Waals surface area contributed by atoms with Gasteiger partial charge in [0.25, 0.3) is 0 Å². The first kappa shape index (κ1) is 25.6. The van der Waals surface area contributed by atoms with Gasteiger partial charge in [-0.1, -0.05) is 91.7 Å². The predicted molar refractivity (Wildman–Crippen MR) is 141 cm³/mol. The summed E-state index contributed by atoms with van der Waals surface area (Å²) in [6, 6.07) is 27.4. The summed E-state index contributed by atoms with van der Waals surface area (Å²) in [4.78, 5) is 29.8. The third-order valence-electron chi connectivity index (χ3n) is 5.68. The van der Waals surface area contributed by atoms with Crippen LogP contribution in [-0.4, -0.2) is 35.1 Å². The van der Waals surface area contributed by atoms with Gasteiger partial charge in [-0.15, -0.1) is 11.8 Å². The molecule has 1 atom stereocenters. The van der Waals surface area contributed by atoms with Crippen molar-refractivity contribution in [1.82, 2.24) is 10.2 Å². The lowest BCUT2D eigenvalue weighted by molar-refractivity contribution is -0.139. The van der Waals surface area contributed by atoms with Crippen LogP contribution in [0.1, 0.15) is 36.5 Å². The van der Waals surface area contributed by atoms with Crippen LogP contribution in [0.3, 0.4) is 0 Å². The second-order valence-corrected chi connectivity index (χ2v) is 9.51. The van der Waals surface area contributed by atoms with E-state index in [1.165, 1.54) is 17.3 Å². The summed E-state index contributed by atoms with van der Waals surface area (Å²) in [6.07, 6.45) is 2.40. The number of hydrogen-bond donors (Lipinski definition) is 1. The number of aryl methyl sites for hydroxylation is 1. The molecule has 4 nitrogen and oxygen atoms in total. The molecule has 0 fully saturated rings. The lowest BCUT2D eigenvalue weighted by Gasteiger charge is -2.31. The number of amides is 2. The maximum absolute atomic E-state index is 13.6. The summed E-state index contributed by atoms with van der Waals surface area (Å²) < 4.78 is 0. The monoisotopic (exact) mass is 474 g/mol. The summed E-state index contributed by atoms with van der Waals surface area (Å²) in [5.41, 5.74) is 3.22. The molecular weight excluding hydrogens is 440 g/mol. The van der Waals surface area contributed by atoms with E-state index in [9.17, 15) is 9.59 Å². The minimum Gasteiger partial charge on any atom is -0.354 e. The molecule has 0 heterocycles. The van der Waals surface area contributed by atoms with Gasteiger partial charge in [0.2, 0.25) is 11.8 Å². The van der Waals surface area contributed by atoms with Crippen molar-refractivity contribution in [2.75, 3.05) is 12.3 Å². The summed E-state index contributed by atoms with van der Waals surface area (Å²) in [5, 5.41) is 3.07. The van der Waals surface area contributed by atoms with Gasteiger partial charge in [0, 0.05) is 24.4 Å². The van der Waals surface area contributed by atoms with Crippen LogP contribution in [0.25, 0.3) is 0 Å². The van der Waals surface area contributed by atoms with Crippen molar-refractivity contribution in [3.63, 3.8) is 0 Å². The lowest BCUT2D eigenvalue weighted by atomic mass is 10.0. The first-order chi connectivity index (χ1) is 16.6. The quantitative estimate of drug-likeness (QED) is 0.273. The van der Waals surface area contributed by atoms with Gasteiger partial charge in [0.1, 0.15) is 6.04 Å². The summed E-state index contributed by atoms with van der Waals surface area (Å²) in [7, 11) is 0. The number of nitrogens with zero attached hydrogens (tertiary/aromatic N) is 1. The molecule has 3 rings (SSSR count). The molecule has 0 aliphatic rings. The third-order valence-corrected chi connectivity index (χ3v) is 6.68. The van der Waals surface area contributed by atoms with E-state index in [2.05, 4.69) is 12.2 Å². The number of unbranched alkanes of at least 4 members (excludes halogenated alkanes) is 1. The molecule has 34 heavy (non-hydrogen) atoms. The van der Waals surface area contributed by atoms with Crippen molar-refractivity contribution in [3.8, 4) is 0 Å². The first-order valence-electron chi connectivity index (χ1n) is 11.9. The Labute approximate surface area is 207 Å². The Kier molecular flexibility index (Phi) is 10.2. The molecular formula is C29H34N2O2S. The van der Waals surface area contributed by atoms with Crippen LogP contribution in [0.5, 0.6) is 0 Å². The molecule has 0 aliphatic carbocycles. The molecule has 5 heteroatoms. The van der Waals surface area contributed by atoms with Crippen molar-refractivity contribution in [1.29, 1.82) is 0 Å². The van der Waals surface area contributed by atoms with Crippen LogP contribution >= 0.6 is 11.8 Å². The fraction of sp³-hybridized carbons (Fsp3) is 0.310. The Morgan fingerprint density at radius 2 is 1.53 bits per heavy atom. The SMILES string of the molecule is CCCCNC(=O)[C@@H](Cc1ccccc1)N(Cc1ccc(C)cc1)C(=O)CSc1ccccc1. The molecule has 0 bridgehead atoms. The van der Waals surface area contributed by atoms with Crippen molar-refractivity contribution >= 4 is 23.6 Å². The molecule has 0 aromatic heterocycles. The molecule has 0 unspecified atom stereocenters. The molecule has 0 saturated carbocycles. The summed E-state index contributed by atoms with van der Waals surface area (Å²) in [6.45, 7) is 5.16.